The minimum atomic E-state index is -4.49. The van der Waals surface area contributed by atoms with Crippen LogP contribution in [0.2, 0.25) is 0 Å². The van der Waals surface area contributed by atoms with Crippen LogP contribution in [0, 0.1) is 0 Å². The molecular weight excluding hydrogens is 379 g/mol. The standard InChI is InChI=1S/C19H18F3NO5/c1-12(18(25)26)13-6-8-14(9-7-13)23-17(24)10-27-15-4-2-3-5-16(15)28-11-19(20,21)22/h2-9,12H,10-11H2,1H3,(H,23,24)(H,25,26). The van der Waals surface area contributed by atoms with Crippen molar-refractivity contribution in [1.29, 1.82) is 0 Å². The van der Waals surface area contributed by atoms with Crippen LogP contribution in [0.5, 0.6) is 11.5 Å². The first-order valence-corrected chi connectivity index (χ1v) is 8.19. The quantitative estimate of drug-likeness (QED) is 0.707. The van der Waals surface area contributed by atoms with E-state index in [1.807, 2.05) is 0 Å². The van der Waals surface area contributed by atoms with Crippen molar-refractivity contribution >= 4 is 17.6 Å². The fourth-order valence-electron chi connectivity index (χ4n) is 2.19. The van der Waals surface area contributed by atoms with Gasteiger partial charge in [-0.3, -0.25) is 9.59 Å². The molecular formula is C19H18F3NO5. The Bertz CT molecular complexity index is 821. The number of carboxylic acid groups (broad SMARTS) is 1. The summed E-state index contributed by atoms with van der Waals surface area (Å²) in [6.45, 7) is -0.373. The van der Waals surface area contributed by atoms with Crippen molar-refractivity contribution < 1.29 is 37.3 Å². The van der Waals surface area contributed by atoms with Crippen LogP contribution in [0.4, 0.5) is 18.9 Å². The van der Waals surface area contributed by atoms with E-state index in [9.17, 15) is 22.8 Å². The van der Waals surface area contributed by atoms with Crippen molar-refractivity contribution in [2.75, 3.05) is 18.5 Å². The van der Waals surface area contributed by atoms with Gasteiger partial charge in [0.25, 0.3) is 5.91 Å². The molecule has 0 saturated carbocycles. The molecule has 0 aliphatic carbocycles. The SMILES string of the molecule is CC(C(=O)O)c1ccc(NC(=O)COc2ccccc2OCC(F)(F)F)cc1. The van der Waals surface area contributed by atoms with E-state index in [0.717, 1.165) is 0 Å². The first-order valence-electron chi connectivity index (χ1n) is 8.19. The molecule has 2 aromatic rings. The average Bonchev–Trinajstić information content (AvgIpc) is 2.64. The van der Waals surface area contributed by atoms with Crippen LogP contribution in [0.1, 0.15) is 18.4 Å². The van der Waals surface area contributed by atoms with E-state index >= 15 is 0 Å². The number of aliphatic carboxylic acids is 1. The van der Waals surface area contributed by atoms with Gasteiger partial charge in [-0.1, -0.05) is 24.3 Å². The van der Waals surface area contributed by atoms with Gasteiger partial charge < -0.3 is 19.9 Å². The lowest BCUT2D eigenvalue weighted by atomic mass is 10.0. The van der Waals surface area contributed by atoms with Crippen molar-refractivity contribution in [3.8, 4) is 11.5 Å². The maximum atomic E-state index is 12.3. The van der Waals surface area contributed by atoms with Crippen molar-refractivity contribution in [1.82, 2.24) is 0 Å². The zero-order chi connectivity index (χ0) is 20.7. The maximum Gasteiger partial charge on any atom is 0.422 e. The maximum absolute atomic E-state index is 12.3. The van der Waals surface area contributed by atoms with Gasteiger partial charge in [-0.05, 0) is 36.8 Å². The van der Waals surface area contributed by atoms with Gasteiger partial charge in [0.1, 0.15) is 0 Å². The summed E-state index contributed by atoms with van der Waals surface area (Å²) in [6, 6.07) is 12.0. The Kier molecular flexibility index (Phi) is 6.86. The topological polar surface area (TPSA) is 84.9 Å². The van der Waals surface area contributed by atoms with E-state index in [0.29, 0.717) is 11.3 Å². The molecule has 0 aliphatic rings. The van der Waals surface area contributed by atoms with Gasteiger partial charge in [0.05, 0.1) is 5.92 Å². The van der Waals surface area contributed by atoms with E-state index in [1.54, 1.807) is 31.2 Å². The summed E-state index contributed by atoms with van der Waals surface area (Å²) >= 11 is 0. The Morgan fingerprint density at radius 1 is 1.04 bits per heavy atom. The van der Waals surface area contributed by atoms with Gasteiger partial charge in [-0.15, -0.1) is 0 Å². The second-order valence-electron chi connectivity index (χ2n) is 5.87. The number of alkyl halides is 3. The Morgan fingerprint density at radius 2 is 1.61 bits per heavy atom. The number of carbonyl (C=O) groups excluding carboxylic acids is 1. The number of halogens is 3. The molecule has 1 unspecified atom stereocenters. The number of hydrogen-bond donors (Lipinski definition) is 2. The molecule has 0 bridgehead atoms. The normalized spacial score (nSPS) is 12.1. The Morgan fingerprint density at radius 3 is 2.14 bits per heavy atom. The number of carbonyl (C=O) groups is 2. The van der Waals surface area contributed by atoms with Crippen LogP contribution >= 0.6 is 0 Å². The molecule has 0 heterocycles. The van der Waals surface area contributed by atoms with Crippen LogP contribution in [0.3, 0.4) is 0 Å². The van der Waals surface area contributed by atoms with Gasteiger partial charge in [-0.25, -0.2) is 0 Å². The molecule has 1 atom stereocenters. The number of anilines is 1. The van der Waals surface area contributed by atoms with Crippen molar-refractivity contribution in [2.24, 2.45) is 0 Å². The van der Waals surface area contributed by atoms with E-state index < -0.39 is 37.2 Å². The number of benzene rings is 2. The summed E-state index contributed by atoms with van der Waals surface area (Å²) in [5.41, 5.74) is 1.01. The highest BCUT2D eigenvalue weighted by Crippen LogP contribution is 2.28. The molecule has 28 heavy (non-hydrogen) atoms. The Balaban J connectivity index is 1.92. The fourth-order valence-corrected chi connectivity index (χ4v) is 2.19. The summed E-state index contributed by atoms with van der Waals surface area (Å²) in [6.07, 6.45) is -4.49. The molecule has 1 amide bonds. The van der Waals surface area contributed by atoms with E-state index in [2.05, 4.69) is 10.1 Å². The van der Waals surface area contributed by atoms with Gasteiger partial charge in [0.15, 0.2) is 24.7 Å². The van der Waals surface area contributed by atoms with Crippen LogP contribution in [0.25, 0.3) is 0 Å². The number of carboxylic acids is 1. The molecule has 0 saturated heterocycles. The molecule has 0 spiro atoms. The molecule has 0 fully saturated rings. The first-order chi connectivity index (χ1) is 13.2. The summed E-state index contributed by atoms with van der Waals surface area (Å²) < 4.78 is 46.8. The van der Waals surface area contributed by atoms with Gasteiger partial charge in [0, 0.05) is 5.69 Å². The first kappa shape index (κ1) is 21.1. The summed E-state index contributed by atoms with van der Waals surface area (Å²) in [7, 11) is 0. The molecule has 0 aromatic heterocycles. The van der Waals surface area contributed by atoms with Crippen molar-refractivity contribution in [3.05, 3.63) is 54.1 Å². The molecule has 150 valence electrons. The summed E-state index contributed by atoms with van der Waals surface area (Å²) in [5, 5.41) is 11.5. The van der Waals surface area contributed by atoms with Crippen molar-refractivity contribution in [3.63, 3.8) is 0 Å². The predicted molar refractivity (Wildman–Crippen MR) is 94.6 cm³/mol. The highest BCUT2D eigenvalue weighted by atomic mass is 19.4. The van der Waals surface area contributed by atoms with Crippen LogP contribution in [-0.4, -0.2) is 36.4 Å². The lowest BCUT2D eigenvalue weighted by molar-refractivity contribution is -0.153. The number of hydrogen-bond acceptors (Lipinski definition) is 4. The monoisotopic (exact) mass is 397 g/mol. The molecule has 0 radical (unpaired) electrons. The van der Waals surface area contributed by atoms with Crippen LogP contribution in [-0.2, 0) is 9.59 Å². The number of rotatable bonds is 8. The number of nitrogens with one attached hydrogen (secondary N) is 1. The molecule has 0 aliphatic heterocycles. The van der Waals surface area contributed by atoms with E-state index in [1.165, 1.54) is 24.3 Å². The number of amides is 1. The zero-order valence-electron chi connectivity index (χ0n) is 14.8. The average molecular weight is 397 g/mol. The third-order valence-electron chi connectivity index (χ3n) is 3.66. The lowest BCUT2D eigenvalue weighted by Gasteiger charge is -2.14. The van der Waals surface area contributed by atoms with Crippen LogP contribution < -0.4 is 14.8 Å². The Hall–Kier alpha value is -3.23. The molecule has 2 N–H and O–H groups in total. The Labute approximate surface area is 158 Å². The molecule has 9 heteroatoms. The third kappa shape index (κ3) is 6.49. The van der Waals surface area contributed by atoms with E-state index in [-0.39, 0.29) is 11.5 Å². The summed E-state index contributed by atoms with van der Waals surface area (Å²) in [4.78, 5) is 22.9. The second-order valence-corrected chi connectivity index (χ2v) is 5.87. The number of ether oxygens (including phenoxy) is 2. The largest absolute Gasteiger partial charge is 0.481 e. The molecule has 6 nitrogen and oxygen atoms in total. The number of para-hydroxylation sites is 2. The van der Waals surface area contributed by atoms with E-state index in [4.69, 9.17) is 9.84 Å². The van der Waals surface area contributed by atoms with Gasteiger partial charge in [-0.2, -0.15) is 13.2 Å². The zero-order valence-corrected chi connectivity index (χ0v) is 14.8. The minimum Gasteiger partial charge on any atom is -0.481 e. The summed E-state index contributed by atoms with van der Waals surface area (Å²) in [5.74, 6) is -2.30. The smallest absolute Gasteiger partial charge is 0.422 e. The minimum absolute atomic E-state index is 0.00697. The highest BCUT2D eigenvalue weighted by Gasteiger charge is 2.29. The second kappa shape index (κ2) is 9.12. The van der Waals surface area contributed by atoms with Gasteiger partial charge >= 0.3 is 12.1 Å². The molecule has 2 aromatic carbocycles. The highest BCUT2D eigenvalue weighted by molar-refractivity contribution is 5.92. The lowest BCUT2D eigenvalue weighted by Crippen LogP contribution is -2.21. The third-order valence-corrected chi connectivity index (χ3v) is 3.66. The fraction of sp³-hybridized carbons (Fsp3) is 0.263. The van der Waals surface area contributed by atoms with Crippen molar-refractivity contribution in [2.45, 2.75) is 19.0 Å². The predicted octanol–water partition coefficient (Wildman–Crippen LogP) is 3.83. The van der Waals surface area contributed by atoms with Gasteiger partial charge in [0.2, 0.25) is 0 Å². The molecule has 2 rings (SSSR count). The van der Waals surface area contributed by atoms with Crippen LogP contribution in [0.15, 0.2) is 48.5 Å².